The first-order chi connectivity index (χ1) is 9.72. The van der Waals surface area contributed by atoms with E-state index < -0.39 is 0 Å². The second-order valence-electron chi connectivity index (χ2n) is 4.39. The van der Waals surface area contributed by atoms with Gasteiger partial charge in [0.05, 0.1) is 0 Å². The summed E-state index contributed by atoms with van der Waals surface area (Å²) in [5.41, 5.74) is 1.35. The maximum absolute atomic E-state index is 12.9. The van der Waals surface area contributed by atoms with Gasteiger partial charge < -0.3 is 4.42 Å². The van der Waals surface area contributed by atoms with Crippen molar-refractivity contribution in [1.29, 1.82) is 0 Å². The molecular weight excluding hydrogens is 255 g/mol. The molecule has 2 aromatic carbocycles. The van der Waals surface area contributed by atoms with Crippen molar-refractivity contribution in [3.8, 4) is 22.6 Å². The van der Waals surface area contributed by atoms with Crippen LogP contribution in [0.2, 0.25) is 0 Å². The minimum absolute atomic E-state index is 0.144. The molecule has 0 aliphatic carbocycles. The Balaban J connectivity index is 2.12. The molecular formula is C17H11FO2. The van der Waals surface area contributed by atoms with Crippen molar-refractivity contribution in [2.75, 3.05) is 0 Å². The summed E-state index contributed by atoms with van der Waals surface area (Å²) in [6.45, 7) is 0. The van der Waals surface area contributed by atoms with Gasteiger partial charge in [-0.2, -0.15) is 0 Å². The largest absolute Gasteiger partial charge is 0.456 e. The van der Waals surface area contributed by atoms with Crippen molar-refractivity contribution in [2.45, 2.75) is 0 Å². The van der Waals surface area contributed by atoms with Crippen molar-refractivity contribution in [3.05, 3.63) is 82.8 Å². The highest BCUT2D eigenvalue weighted by Gasteiger charge is 2.06. The molecule has 98 valence electrons. The second kappa shape index (κ2) is 5.13. The van der Waals surface area contributed by atoms with E-state index in [2.05, 4.69) is 0 Å². The zero-order chi connectivity index (χ0) is 13.9. The normalized spacial score (nSPS) is 10.4. The van der Waals surface area contributed by atoms with Crippen LogP contribution in [-0.2, 0) is 0 Å². The molecule has 3 rings (SSSR count). The monoisotopic (exact) mass is 266 g/mol. The van der Waals surface area contributed by atoms with Gasteiger partial charge in [0, 0.05) is 23.3 Å². The fourth-order valence-corrected chi connectivity index (χ4v) is 1.98. The Morgan fingerprint density at radius 3 is 1.90 bits per heavy atom. The number of rotatable bonds is 2. The van der Waals surface area contributed by atoms with E-state index in [-0.39, 0.29) is 11.2 Å². The van der Waals surface area contributed by atoms with Gasteiger partial charge in [-0.1, -0.05) is 30.3 Å². The molecule has 0 fully saturated rings. The number of hydrogen-bond donors (Lipinski definition) is 0. The van der Waals surface area contributed by atoms with Crippen LogP contribution in [0.5, 0.6) is 0 Å². The van der Waals surface area contributed by atoms with Crippen LogP contribution in [0.25, 0.3) is 22.6 Å². The van der Waals surface area contributed by atoms with E-state index in [9.17, 15) is 9.18 Å². The molecule has 0 aliphatic heterocycles. The Labute approximate surface area is 115 Å². The highest BCUT2D eigenvalue weighted by Crippen LogP contribution is 2.24. The summed E-state index contributed by atoms with van der Waals surface area (Å²) >= 11 is 0. The molecule has 0 atom stereocenters. The molecule has 1 heterocycles. The van der Waals surface area contributed by atoms with Crippen LogP contribution in [0.4, 0.5) is 4.39 Å². The lowest BCUT2D eigenvalue weighted by Crippen LogP contribution is -1.98. The predicted octanol–water partition coefficient (Wildman–Crippen LogP) is 4.11. The molecule has 0 amide bonds. The Bertz CT molecular complexity index is 774. The molecule has 0 aliphatic rings. The van der Waals surface area contributed by atoms with Crippen LogP contribution in [0, 0.1) is 5.82 Å². The number of benzene rings is 2. The molecule has 20 heavy (non-hydrogen) atoms. The molecule has 0 spiro atoms. The van der Waals surface area contributed by atoms with Crippen LogP contribution >= 0.6 is 0 Å². The fraction of sp³-hybridized carbons (Fsp3) is 0. The summed E-state index contributed by atoms with van der Waals surface area (Å²) in [6.07, 6.45) is 0. The second-order valence-corrected chi connectivity index (χ2v) is 4.39. The zero-order valence-electron chi connectivity index (χ0n) is 10.5. The van der Waals surface area contributed by atoms with Crippen molar-refractivity contribution in [3.63, 3.8) is 0 Å². The van der Waals surface area contributed by atoms with Crippen LogP contribution in [0.3, 0.4) is 0 Å². The molecule has 3 heteroatoms. The summed E-state index contributed by atoms with van der Waals surface area (Å²) in [6, 6.07) is 18.1. The molecule has 0 bridgehead atoms. The third-order valence-corrected chi connectivity index (χ3v) is 2.95. The summed E-state index contributed by atoms with van der Waals surface area (Å²) < 4.78 is 18.7. The van der Waals surface area contributed by atoms with E-state index >= 15 is 0 Å². The van der Waals surface area contributed by atoms with E-state index in [1.165, 1.54) is 24.3 Å². The lowest BCUT2D eigenvalue weighted by atomic mass is 10.1. The third kappa shape index (κ3) is 2.52. The first-order valence-electron chi connectivity index (χ1n) is 6.19. The standard InChI is InChI=1S/C17H11FO2/c18-14-8-6-13(7-9-14)17-11-15(19)10-16(20-17)12-4-2-1-3-5-12/h1-11H. The predicted molar refractivity (Wildman–Crippen MR) is 75.8 cm³/mol. The molecule has 0 saturated carbocycles. The molecule has 3 aromatic rings. The molecule has 1 aromatic heterocycles. The smallest absolute Gasteiger partial charge is 0.186 e. The Morgan fingerprint density at radius 1 is 0.750 bits per heavy atom. The van der Waals surface area contributed by atoms with Crippen LogP contribution < -0.4 is 5.43 Å². The number of halogens is 1. The van der Waals surface area contributed by atoms with E-state index in [0.717, 1.165) is 5.56 Å². The molecule has 0 saturated heterocycles. The van der Waals surface area contributed by atoms with E-state index in [4.69, 9.17) is 4.42 Å². The highest BCUT2D eigenvalue weighted by molar-refractivity contribution is 5.62. The maximum Gasteiger partial charge on any atom is 0.186 e. The van der Waals surface area contributed by atoms with Gasteiger partial charge in [0.2, 0.25) is 0 Å². The summed E-state index contributed by atoms with van der Waals surface area (Å²) in [7, 11) is 0. The highest BCUT2D eigenvalue weighted by atomic mass is 19.1. The van der Waals surface area contributed by atoms with Gasteiger partial charge in [-0.25, -0.2) is 4.39 Å². The first-order valence-corrected chi connectivity index (χ1v) is 6.19. The van der Waals surface area contributed by atoms with Gasteiger partial charge in [0.1, 0.15) is 17.3 Å². The summed E-state index contributed by atoms with van der Waals surface area (Å²) in [4.78, 5) is 11.8. The minimum atomic E-state index is -0.324. The zero-order valence-corrected chi connectivity index (χ0v) is 10.5. The lowest BCUT2D eigenvalue weighted by molar-refractivity contribution is 0.579. The fourth-order valence-electron chi connectivity index (χ4n) is 1.98. The van der Waals surface area contributed by atoms with Gasteiger partial charge in [-0.3, -0.25) is 4.79 Å². The van der Waals surface area contributed by atoms with Gasteiger partial charge in [0.25, 0.3) is 0 Å². The summed E-state index contributed by atoms with van der Waals surface area (Å²) in [5.74, 6) is 0.601. The summed E-state index contributed by atoms with van der Waals surface area (Å²) in [5, 5.41) is 0. The van der Waals surface area contributed by atoms with Crippen LogP contribution in [-0.4, -0.2) is 0 Å². The van der Waals surface area contributed by atoms with Crippen molar-refractivity contribution < 1.29 is 8.81 Å². The third-order valence-electron chi connectivity index (χ3n) is 2.95. The topological polar surface area (TPSA) is 30.2 Å². The van der Waals surface area contributed by atoms with Crippen molar-refractivity contribution in [2.24, 2.45) is 0 Å². The van der Waals surface area contributed by atoms with E-state index in [1.54, 1.807) is 12.1 Å². The minimum Gasteiger partial charge on any atom is -0.456 e. The van der Waals surface area contributed by atoms with Crippen molar-refractivity contribution >= 4 is 0 Å². The lowest BCUT2D eigenvalue weighted by Gasteiger charge is -2.05. The van der Waals surface area contributed by atoms with Crippen LogP contribution in [0.15, 0.2) is 75.9 Å². The van der Waals surface area contributed by atoms with Gasteiger partial charge >= 0.3 is 0 Å². The Kier molecular flexibility index (Phi) is 3.17. The van der Waals surface area contributed by atoms with Gasteiger partial charge in [-0.15, -0.1) is 0 Å². The maximum atomic E-state index is 12.9. The molecule has 2 nitrogen and oxygen atoms in total. The molecule has 0 N–H and O–H groups in total. The quantitative estimate of drug-likeness (QED) is 0.698. The average molecular weight is 266 g/mol. The van der Waals surface area contributed by atoms with Gasteiger partial charge in [0.15, 0.2) is 5.43 Å². The average Bonchev–Trinajstić information content (AvgIpc) is 2.48. The first kappa shape index (κ1) is 12.4. The number of hydrogen-bond acceptors (Lipinski definition) is 2. The molecule has 0 unspecified atom stereocenters. The van der Waals surface area contributed by atoms with Crippen molar-refractivity contribution in [1.82, 2.24) is 0 Å². The van der Waals surface area contributed by atoms with Crippen LogP contribution in [0.1, 0.15) is 0 Å². The van der Waals surface area contributed by atoms with E-state index in [1.807, 2.05) is 30.3 Å². The Hall–Kier alpha value is -2.68. The van der Waals surface area contributed by atoms with E-state index in [0.29, 0.717) is 17.1 Å². The molecule has 0 radical (unpaired) electrons. The Morgan fingerprint density at radius 2 is 1.30 bits per heavy atom. The SMILES string of the molecule is O=c1cc(-c2ccccc2)oc(-c2ccc(F)cc2)c1. The van der Waals surface area contributed by atoms with Gasteiger partial charge in [-0.05, 0) is 24.3 Å².